The van der Waals surface area contributed by atoms with Crippen molar-refractivity contribution in [2.45, 2.75) is 109 Å². The lowest BCUT2D eigenvalue weighted by Gasteiger charge is -2.31. The largest absolute Gasteiger partial charge is 0.462 e. The highest BCUT2D eigenvalue weighted by molar-refractivity contribution is 5.72. The third-order valence-electron chi connectivity index (χ3n) is 7.19. The second-order valence-corrected chi connectivity index (χ2v) is 9.23. The SMILES string of the molecule is CC1CCC(CCC2CCC(C(=O)OC3CCC(F)CC3)CC2)CC1. The van der Waals surface area contributed by atoms with Crippen LogP contribution in [0.2, 0.25) is 0 Å². The minimum atomic E-state index is -0.683. The van der Waals surface area contributed by atoms with E-state index in [9.17, 15) is 9.18 Å². The number of carbonyl (C=O) groups excluding carboxylic acids is 1. The summed E-state index contributed by atoms with van der Waals surface area (Å²) in [5.41, 5.74) is 0. The Morgan fingerprint density at radius 2 is 1.32 bits per heavy atom. The van der Waals surface area contributed by atoms with Crippen molar-refractivity contribution in [1.82, 2.24) is 0 Å². The fourth-order valence-corrected chi connectivity index (χ4v) is 5.18. The van der Waals surface area contributed by atoms with Gasteiger partial charge in [0.1, 0.15) is 12.3 Å². The number of hydrogen-bond donors (Lipinski definition) is 0. The molecule has 3 fully saturated rings. The first kappa shape index (κ1) is 19.2. The third kappa shape index (κ3) is 5.96. The lowest BCUT2D eigenvalue weighted by molar-refractivity contribution is -0.157. The summed E-state index contributed by atoms with van der Waals surface area (Å²) in [7, 11) is 0. The van der Waals surface area contributed by atoms with Crippen molar-refractivity contribution < 1.29 is 13.9 Å². The van der Waals surface area contributed by atoms with Crippen molar-refractivity contribution in [2.75, 3.05) is 0 Å². The van der Waals surface area contributed by atoms with Crippen molar-refractivity contribution in [1.29, 1.82) is 0 Å². The Morgan fingerprint density at radius 1 is 0.800 bits per heavy atom. The molecule has 0 atom stereocenters. The molecule has 3 rings (SSSR count). The van der Waals surface area contributed by atoms with Crippen LogP contribution in [0.15, 0.2) is 0 Å². The third-order valence-corrected chi connectivity index (χ3v) is 7.19. The minimum absolute atomic E-state index is 0.00188. The van der Waals surface area contributed by atoms with Gasteiger partial charge in [-0.15, -0.1) is 0 Å². The molecule has 3 heteroatoms. The smallest absolute Gasteiger partial charge is 0.309 e. The van der Waals surface area contributed by atoms with Crippen LogP contribution in [0.4, 0.5) is 4.39 Å². The molecule has 0 heterocycles. The van der Waals surface area contributed by atoms with Gasteiger partial charge >= 0.3 is 5.97 Å². The van der Waals surface area contributed by atoms with E-state index in [-0.39, 0.29) is 18.0 Å². The zero-order valence-corrected chi connectivity index (χ0v) is 16.1. The molecule has 25 heavy (non-hydrogen) atoms. The first-order valence-corrected chi connectivity index (χ1v) is 10.9. The van der Waals surface area contributed by atoms with Gasteiger partial charge in [-0.3, -0.25) is 4.79 Å². The van der Waals surface area contributed by atoms with Crippen LogP contribution >= 0.6 is 0 Å². The molecular weight excluding hydrogens is 315 g/mol. The molecule has 0 amide bonds. The second-order valence-electron chi connectivity index (χ2n) is 9.23. The number of carbonyl (C=O) groups is 1. The average molecular weight is 353 g/mol. The van der Waals surface area contributed by atoms with Crippen LogP contribution in [-0.4, -0.2) is 18.2 Å². The number of alkyl halides is 1. The number of hydrogen-bond acceptors (Lipinski definition) is 2. The highest BCUT2D eigenvalue weighted by atomic mass is 19.1. The highest BCUT2D eigenvalue weighted by Gasteiger charge is 2.31. The van der Waals surface area contributed by atoms with Crippen molar-refractivity contribution in [3.05, 3.63) is 0 Å². The Balaban J connectivity index is 1.30. The van der Waals surface area contributed by atoms with E-state index in [4.69, 9.17) is 4.74 Å². The second kappa shape index (κ2) is 9.37. The maximum Gasteiger partial charge on any atom is 0.309 e. The van der Waals surface area contributed by atoms with Crippen molar-refractivity contribution in [3.63, 3.8) is 0 Å². The van der Waals surface area contributed by atoms with Gasteiger partial charge in [-0.25, -0.2) is 4.39 Å². The van der Waals surface area contributed by atoms with Gasteiger partial charge in [0, 0.05) is 0 Å². The monoisotopic (exact) mass is 352 g/mol. The predicted octanol–water partition coefficient (Wildman–Crippen LogP) is 6.22. The van der Waals surface area contributed by atoms with E-state index in [0.29, 0.717) is 25.7 Å². The molecule has 0 spiro atoms. The van der Waals surface area contributed by atoms with Gasteiger partial charge in [-0.05, 0) is 69.1 Å². The molecule has 144 valence electrons. The van der Waals surface area contributed by atoms with Gasteiger partial charge < -0.3 is 4.74 Å². The summed E-state index contributed by atoms with van der Waals surface area (Å²) in [5, 5.41) is 0. The zero-order chi connectivity index (χ0) is 17.6. The molecule has 0 aliphatic heterocycles. The Labute approximate surface area is 153 Å². The van der Waals surface area contributed by atoms with E-state index < -0.39 is 6.17 Å². The van der Waals surface area contributed by atoms with E-state index in [1.54, 1.807) is 0 Å². The summed E-state index contributed by atoms with van der Waals surface area (Å²) >= 11 is 0. The van der Waals surface area contributed by atoms with E-state index in [0.717, 1.165) is 30.6 Å². The Bertz CT molecular complexity index is 400. The summed E-state index contributed by atoms with van der Waals surface area (Å²) in [5.74, 6) is 2.84. The van der Waals surface area contributed by atoms with E-state index in [1.165, 1.54) is 51.4 Å². The van der Waals surface area contributed by atoms with E-state index >= 15 is 0 Å². The van der Waals surface area contributed by atoms with Gasteiger partial charge in [0.05, 0.1) is 5.92 Å². The van der Waals surface area contributed by atoms with Crippen LogP contribution in [0.3, 0.4) is 0 Å². The van der Waals surface area contributed by atoms with Crippen LogP contribution in [0.1, 0.15) is 96.8 Å². The summed E-state index contributed by atoms with van der Waals surface area (Å²) in [6, 6.07) is 0. The topological polar surface area (TPSA) is 26.3 Å². The molecule has 0 radical (unpaired) electrons. The fourth-order valence-electron chi connectivity index (χ4n) is 5.18. The van der Waals surface area contributed by atoms with Crippen molar-refractivity contribution in [3.8, 4) is 0 Å². The molecular formula is C22H37FO2. The Hall–Kier alpha value is -0.600. The van der Waals surface area contributed by atoms with E-state index in [1.807, 2.05) is 0 Å². The molecule has 0 N–H and O–H groups in total. The molecule has 0 bridgehead atoms. The molecule has 0 aromatic carbocycles. The number of halogens is 1. The van der Waals surface area contributed by atoms with Crippen LogP contribution < -0.4 is 0 Å². The molecule has 2 nitrogen and oxygen atoms in total. The Kier molecular flexibility index (Phi) is 7.18. The van der Waals surface area contributed by atoms with Crippen molar-refractivity contribution in [2.24, 2.45) is 23.7 Å². The lowest BCUT2D eigenvalue weighted by Crippen LogP contribution is -2.30. The van der Waals surface area contributed by atoms with Crippen LogP contribution in [0.5, 0.6) is 0 Å². The molecule has 0 aromatic heterocycles. The van der Waals surface area contributed by atoms with E-state index in [2.05, 4.69) is 6.92 Å². The lowest BCUT2D eigenvalue weighted by atomic mass is 9.76. The zero-order valence-electron chi connectivity index (χ0n) is 16.1. The molecule has 3 aliphatic rings. The predicted molar refractivity (Wildman–Crippen MR) is 99.0 cm³/mol. The van der Waals surface area contributed by atoms with Gasteiger partial charge in [-0.1, -0.05) is 45.4 Å². The molecule has 3 saturated carbocycles. The van der Waals surface area contributed by atoms with Gasteiger partial charge in [0.2, 0.25) is 0 Å². The van der Waals surface area contributed by atoms with Crippen LogP contribution in [0.25, 0.3) is 0 Å². The normalized spacial score (nSPS) is 39.8. The molecule has 0 aromatic rings. The molecule has 0 unspecified atom stereocenters. The maximum absolute atomic E-state index is 13.2. The molecule has 0 saturated heterocycles. The average Bonchev–Trinajstić information content (AvgIpc) is 2.63. The minimum Gasteiger partial charge on any atom is -0.462 e. The summed E-state index contributed by atoms with van der Waals surface area (Å²) in [6.07, 6.45) is 14.7. The maximum atomic E-state index is 13.2. The summed E-state index contributed by atoms with van der Waals surface area (Å²) in [4.78, 5) is 12.4. The molecule has 3 aliphatic carbocycles. The number of rotatable bonds is 5. The first-order valence-electron chi connectivity index (χ1n) is 10.9. The summed E-state index contributed by atoms with van der Waals surface area (Å²) < 4.78 is 18.9. The number of ether oxygens (including phenoxy) is 1. The van der Waals surface area contributed by atoms with Crippen LogP contribution in [-0.2, 0) is 9.53 Å². The van der Waals surface area contributed by atoms with Gasteiger partial charge in [-0.2, -0.15) is 0 Å². The first-order chi connectivity index (χ1) is 12.1. The quantitative estimate of drug-likeness (QED) is 0.549. The standard InChI is InChI=1S/C22H37FO2/c1-16-2-4-17(5-3-16)6-7-18-8-10-19(11-9-18)22(24)25-21-14-12-20(23)13-15-21/h16-21H,2-15H2,1H3. The fraction of sp³-hybridized carbons (Fsp3) is 0.955. The number of esters is 1. The highest BCUT2D eigenvalue weighted by Crippen LogP contribution is 2.37. The van der Waals surface area contributed by atoms with Gasteiger partial charge in [0.25, 0.3) is 0 Å². The Morgan fingerprint density at radius 3 is 1.88 bits per heavy atom. The van der Waals surface area contributed by atoms with Gasteiger partial charge in [0.15, 0.2) is 0 Å². The van der Waals surface area contributed by atoms with Crippen LogP contribution in [0, 0.1) is 23.7 Å². The summed E-state index contributed by atoms with van der Waals surface area (Å²) in [6.45, 7) is 2.39. The van der Waals surface area contributed by atoms with Crippen molar-refractivity contribution >= 4 is 5.97 Å².